The summed E-state index contributed by atoms with van der Waals surface area (Å²) in [5.74, 6) is -0.340. The highest BCUT2D eigenvalue weighted by Gasteiger charge is 2.14. The third kappa shape index (κ3) is 4.51. The molecule has 0 saturated carbocycles. The molecule has 0 saturated heterocycles. The lowest BCUT2D eigenvalue weighted by Gasteiger charge is -2.14. The Balaban J connectivity index is 2.08. The summed E-state index contributed by atoms with van der Waals surface area (Å²) in [6.07, 6.45) is 1.55. The maximum atomic E-state index is 12.8. The number of benzene rings is 2. The zero-order chi connectivity index (χ0) is 15.3. The highest BCUT2D eigenvalue weighted by molar-refractivity contribution is 7.92. The molecule has 0 unspecified atom stereocenters. The maximum Gasteiger partial charge on any atom is 0.236 e. The van der Waals surface area contributed by atoms with Crippen molar-refractivity contribution in [2.24, 2.45) is 0 Å². The van der Waals surface area contributed by atoms with Crippen LogP contribution in [0, 0.1) is 5.82 Å². The van der Waals surface area contributed by atoms with Gasteiger partial charge in [0.25, 0.3) is 0 Å². The fourth-order valence-corrected chi connectivity index (χ4v) is 2.64. The Morgan fingerprint density at radius 3 is 2.29 bits per heavy atom. The highest BCUT2D eigenvalue weighted by atomic mass is 32.2. The van der Waals surface area contributed by atoms with Crippen LogP contribution >= 0.6 is 0 Å². The molecule has 0 aliphatic rings. The second kappa shape index (κ2) is 6.65. The second-order valence-corrected chi connectivity index (χ2v) is 6.57. The summed E-state index contributed by atoms with van der Waals surface area (Å²) >= 11 is 0. The Morgan fingerprint density at radius 1 is 1.05 bits per heavy atom. The average Bonchev–Trinajstić information content (AvgIpc) is 2.48. The van der Waals surface area contributed by atoms with Gasteiger partial charge in [-0.2, -0.15) is 4.31 Å². The van der Waals surface area contributed by atoms with Crippen molar-refractivity contribution < 1.29 is 12.8 Å². The molecule has 0 radical (unpaired) electrons. The van der Waals surface area contributed by atoms with Gasteiger partial charge in [-0.15, -0.1) is 0 Å². The highest BCUT2D eigenvalue weighted by Crippen LogP contribution is 2.11. The summed E-state index contributed by atoms with van der Waals surface area (Å²) in [6, 6.07) is 15.0. The van der Waals surface area contributed by atoms with E-state index in [-0.39, 0.29) is 12.4 Å². The zero-order valence-electron chi connectivity index (χ0n) is 11.6. The number of rotatable bonds is 5. The molecule has 0 amide bonds. The molecule has 110 valence electrons. The number of halogens is 1. The summed E-state index contributed by atoms with van der Waals surface area (Å²) in [4.78, 5) is 0. The minimum absolute atomic E-state index is 0.196. The van der Waals surface area contributed by atoms with Gasteiger partial charge in [-0.05, 0) is 29.3 Å². The van der Waals surface area contributed by atoms with Gasteiger partial charge in [0.15, 0.2) is 0 Å². The largest absolute Gasteiger partial charge is 0.236 e. The molecule has 0 aromatic heterocycles. The second-order valence-electron chi connectivity index (χ2n) is 4.64. The summed E-state index contributed by atoms with van der Waals surface area (Å²) < 4.78 is 38.3. The Bertz CT molecular complexity index is 710. The Morgan fingerprint density at radius 2 is 1.67 bits per heavy atom. The Hall–Kier alpha value is -1.98. The van der Waals surface area contributed by atoms with E-state index in [1.807, 2.05) is 30.3 Å². The van der Waals surface area contributed by atoms with Gasteiger partial charge in [0, 0.05) is 19.0 Å². The van der Waals surface area contributed by atoms with Gasteiger partial charge < -0.3 is 0 Å². The van der Waals surface area contributed by atoms with Crippen molar-refractivity contribution >= 4 is 16.1 Å². The van der Waals surface area contributed by atoms with Crippen LogP contribution in [0.25, 0.3) is 6.08 Å². The van der Waals surface area contributed by atoms with Gasteiger partial charge in [-0.1, -0.05) is 42.5 Å². The fraction of sp³-hybridized carbons (Fsp3) is 0.125. The van der Waals surface area contributed by atoms with Crippen molar-refractivity contribution in [3.8, 4) is 0 Å². The molecule has 3 nitrogen and oxygen atoms in total. The van der Waals surface area contributed by atoms with Crippen LogP contribution in [0.5, 0.6) is 0 Å². The van der Waals surface area contributed by atoms with Crippen molar-refractivity contribution in [3.63, 3.8) is 0 Å². The third-order valence-corrected chi connectivity index (χ3v) is 4.46. The molecule has 0 bridgehead atoms. The van der Waals surface area contributed by atoms with E-state index in [1.165, 1.54) is 28.9 Å². The van der Waals surface area contributed by atoms with Gasteiger partial charge in [0.05, 0.1) is 0 Å². The number of hydrogen-bond acceptors (Lipinski definition) is 2. The molecule has 2 rings (SSSR count). The van der Waals surface area contributed by atoms with E-state index in [4.69, 9.17) is 0 Å². The van der Waals surface area contributed by atoms with E-state index < -0.39 is 10.0 Å². The van der Waals surface area contributed by atoms with Gasteiger partial charge in [-0.25, -0.2) is 12.8 Å². The molecule has 5 heteroatoms. The van der Waals surface area contributed by atoms with Gasteiger partial charge >= 0.3 is 0 Å². The van der Waals surface area contributed by atoms with Crippen LogP contribution in [-0.2, 0) is 16.6 Å². The van der Waals surface area contributed by atoms with Crippen molar-refractivity contribution in [2.75, 3.05) is 7.05 Å². The smallest absolute Gasteiger partial charge is 0.208 e. The van der Waals surface area contributed by atoms with Crippen molar-refractivity contribution in [2.45, 2.75) is 6.54 Å². The molecule has 21 heavy (non-hydrogen) atoms. The van der Waals surface area contributed by atoms with E-state index in [0.717, 1.165) is 11.1 Å². The van der Waals surface area contributed by atoms with E-state index in [1.54, 1.807) is 18.2 Å². The molecule has 0 N–H and O–H groups in total. The zero-order valence-corrected chi connectivity index (χ0v) is 12.4. The Kier molecular flexibility index (Phi) is 4.88. The molecule has 0 atom stereocenters. The molecule has 0 aliphatic heterocycles. The molecule has 0 spiro atoms. The van der Waals surface area contributed by atoms with E-state index in [2.05, 4.69) is 0 Å². The first-order valence-corrected chi connectivity index (χ1v) is 7.91. The molecule has 2 aromatic rings. The number of sulfonamides is 1. The summed E-state index contributed by atoms with van der Waals surface area (Å²) in [5, 5.41) is 1.17. The van der Waals surface area contributed by atoms with Crippen LogP contribution in [0.2, 0.25) is 0 Å². The quantitative estimate of drug-likeness (QED) is 0.850. The molecule has 0 heterocycles. The van der Waals surface area contributed by atoms with Crippen LogP contribution < -0.4 is 0 Å². The van der Waals surface area contributed by atoms with Gasteiger partial charge in [0.1, 0.15) is 5.82 Å². The first kappa shape index (κ1) is 15.4. The lowest BCUT2D eigenvalue weighted by Crippen LogP contribution is -2.24. The summed E-state index contributed by atoms with van der Waals surface area (Å²) in [7, 11) is -2.01. The topological polar surface area (TPSA) is 37.4 Å². The minimum Gasteiger partial charge on any atom is -0.208 e. The Labute approximate surface area is 124 Å². The molecular formula is C16H16FNO2S. The van der Waals surface area contributed by atoms with E-state index >= 15 is 0 Å². The monoisotopic (exact) mass is 305 g/mol. The summed E-state index contributed by atoms with van der Waals surface area (Å²) in [6.45, 7) is 0.196. The minimum atomic E-state index is -3.51. The van der Waals surface area contributed by atoms with Crippen LogP contribution in [0.1, 0.15) is 11.1 Å². The summed E-state index contributed by atoms with van der Waals surface area (Å²) in [5.41, 5.74) is 1.55. The maximum absolute atomic E-state index is 12.8. The van der Waals surface area contributed by atoms with E-state index in [0.29, 0.717) is 0 Å². The molecule has 0 fully saturated rings. The average molecular weight is 305 g/mol. The van der Waals surface area contributed by atoms with Crippen LogP contribution in [0.4, 0.5) is 4.39 Å². The fourth-order valence-electron chi connectivity index (χ4n) is 1.77. The molecule has 2 aromatic carbocycles. The lowest BCUT2D eigenvalue weighted by atomic mass is 10.2. The van der Waals surface area contributed by atoms with Crippen LogP contribution in [-0.4, -0.2) is 19.8 Å². The van der Waals surface area contributed by atoms with Crippen molar-refractivity contribution in [3.05, 3.63) is 76.9 Å². The first-order valence-electron chi connectivity index (χ1n) is 6.41. The van der Waals surface area contributed by atoms with E-state index in [9.17, 15) is 12.8 Å². The number of hydrogen-bond donors (Lipinski definition) is 0. The lowest BCUT2D eigenvalue weighted by molar-refractivity contribution is 0.475. The van der Waals surface area contributed by atoms with Gasteiger partial charge in [0.2, 0.25) is 10.0 Å². The normalized spacial score (nSPS) is 12.1. The van der Waals surface area contributed by atoms with Crippen LogP contribution in [0.3, 0.4) is 0 Å². The first-order chi connectivity index (χ1) is 9.97. The SMILES string of the molecule is CN(Cc1ccc(F)cc1)S(=O)(=O)/C=C/c1ccccc1. The molecular weight excluding hydrogens is 289 g/mol. The third-order valence-electron chi connectivity index (χ3n) is 2.98. The van der Waals surface area contributed by atoms with Gasteiger partial charge in [-0.3, -0.25) is 0 Å². The number of nitrogens with zero attached hydrogens (tertiary/aromatic N) is 1. The standard InChI is InChI=1S/C16H16FNO2S/c1-18(13-15-7-9-16(17)10-8-15)21(19,20)12-11-14-5-3-2-4-6-14/h2-12H,13H2,1H3/b12-11+. The predicted molar refractivity (Wildman–Crippen MR) is 82.3 cm³/mol. The molecule has 0 aliphatic carbocycles. The predicted octanol–water partition coefficient (Wildman–Crippen LogP) is 3.26. The van der Waals surface area contributed by atoms with Crippen molar-refractivity contribution in [1.29, 1.82) is 0 Å². The van der Waals surface area contributed by atoms with Crippen molar-refractivity contribution in [1.82, 2.24) is 4.31 Å². The van der Waals surface area contributed by atoms with Crippen LogP contribution in [0.15, 0.2) is 60.0 Å².